The lowest BCUT2D eigenvalue weighted by Gasteiger charge is -2.24. The molecule has 1 aromatic carbocycles. The van der Waals surface area contributed by atoms with Crippen LogP contribution in [0.4, 0.5) is 11.4 Å². The Morgan fingerprint density at radius 3 is 2.52 bits per heavy atom. The van der Waals surface area contributed by atoms with E-state index >= 15 is 0 Å². The summed E-state index contributed by atoms with van der Waals surface area (Å²) in [5, 5.41) is 8.85. The number of hydrogen-bond acceptors (Lipinski definition) is 4. The molecule has 1 aromatic heterocycles. The molecule has 0 aliphatic carbocycles. The number of nitrogens with zero attached hydrogens (tertiary/aromatic N) is 3. The molecule has 0 saturated heterocycles. The monoisotopic (exact) mass is 280 g/mol. The van der Waals surface area contributed by atoms with Crippen LogP contribution in [0.3, 0.4) is 0 Å². The zero-order chi connectivity index (χ0) is 15.1. The molecule has 4 heteroatoms. The van der Waals surface area contributed by atoms with E-state index in [1.54, 1.807) is 0 Å². The van der Waals surface area contributed by atoms with Crippen LogP contribution in [0.1, 0.15) is 31.5 Å². The maximum atomic E-state index is 8.85. The molecule has 0 radical (unpaired) electrons. The van der Waals surface area contributed by atoms with Crippen molar-refractivity contribution < 1.29 is 0 Å². The van der Waals surface area contributed by atoms with Crippen LogP contribution in [0, 0.1) is 11.3 Å². The van der Waals surface area contributed by atoms with Crippen molar-refractivity contribution >= 4 is 11.4 Å². The molecule has 2 rings (SSSR count). The molecule has 2 N–H and O–H groups in total. The van der Waals surface area contributed by atoms with Gasteiger partial charge < -0.3 is 10.6 Å². The molecule has 1 heterocycles. The summed E-state index contributed by atoms with van der Waals surface area (Å²) in [5.41, 5.74) is 8.92. The van der Waals surface area contributed by atoms with Crippen LogP contribution in [0.2, 0.25) is 0 Å². The number of hydrogen-bond donors (Lipinski definition) is 1. The number of nitriles is 1. The van der Waals surface area contributed by atoms with Crippen molar-refractivity contribution in [3.8, 4) is 6.07 Å². The fraction of sp³-hybridized carbons (Fsp3) is 0.294. The van der Waals surface area contributed by atoms with E-state index in [9.17, 15) is 0 Å². The third-order valence-electron chi connectivity index (χ3n) is 3.42. The SMILES string of the molecule is CC[C@H](N)c1ccc(N(CCC#N)c2ccccc2)cn1. The summed E-state index contributed by atoms with van der Waals surface area (Å²) >= 11 is 0. The largest absolute Gasteiger partial charge is 0.339 e. The van der Waals surface area contributed by atoms with Gasteiger partial charge in [-0.15, -0.1) is 0 Å². The van der Waals surface area contributed by atoms with E-state index in [-0.39, 0.29) is 6.04 Å². The summed E-state index contributed by atoms with van der Waals surface area (Å²) in [6.07, 6.45) is 3.16. The Labute approximate surface area is 125 Å². The summed E-state index contributed by atoms with van der Waals surface area (Å²) in [7, 11) is 0. The van der Waals surface area contributed by atoms with Crippen molar-refractivity contribution in [1.82, 2.24) is 4.98 Å². The van der Waals surface area contributed by atoms with Gasteiger partial charge in [0, 0.05) is 18.3 Å². The van der Waals surface area contributed by atoms with Crippen LogP contribution in [0.15, 0.2) is 48.7 Å². The second-order valence-electron chi connectivity index (χ2n) is 4.85. The molecule has 0 spiro atoms. The van der Waals surface area contributed by atoms with E-state index in [0.717, 1.165) is 23.5 Å². The summed E-state index contributed by atoms with van der Waals surface area (Å²) in [5.74, 6) is 0. The Morgan fingerprint density at radius 2 is 1.95 bits per heavy atom. The van der Waals surface area contributed by atoms with Crippen LogP contribution in [-0.4, -0.2) is 11.5 Å². The fourth-order valence-corrected chi connectivity index (χ4v) is 2.16. The predicted octanol–water partition coefficient (Wildman–Crippen LogP) is 3.54. The number of benzene rings is 1. The Kier molecular flexibility index (Phi) is 5.30. The van der Waals surface area contributed by atoms with Crippen LogP contribution in [-0.2, 0) is 0 Å². The highest BCUT2D eigenvalue weighted by atomic mass is 15.1. The summed E-state index contributed by atoms with van der Waals surface area (Å²) < 4.78 is 0. The standard InChI is InChI=1S/C17H20N4/c1-2-16(19)17-10-9-15(13-20-17)21(12-6-11-18)14-7-4-3-5-8-14/h3-5,7-10,13,16H,2,6,12,19H2,1H3/t16-/m0/s1. The predicted molar refractivity (Wildman–Crippen MR) is 85.1 cm³/mol. The zero-order valence-corrected chi connectivity index (χ0v) is 12.2. The first-order valence-electron chi connectivity index (χ1n) is 7.17. The van der Waals surface area contributed by atoms with Crippen molar-refractivity contribution in [3.63, 3.8) is 0 Å². The maximum Gasteiger partial charge on any atom is 0.0640 e. The van der Waals surface area contributed by atoms with E-state index in [1.807, 2.05) is 55.6 Å². The van der Waals surface area contributed by atoms with E-state index in [4.69, 9.17) is 11.0 Å². The Bertz CT molecular complexity index is 586. The Morgan fingerprint density at radius 1 is 1.19 bits per heavy atom. The van der Waals surface area contributed by atoms with E-state index < -0.39 is 0 Å². The number of nitrogens with two attached hydrogens (primary N) is 1. The lowest BCUT2D eigenvalue weighted by Crippen LogP contribution is -2.19. The highest BCUT2D eigenvalue weighted by Crippen LogP contribution is 2.25. The van der Waals surface area contributed by atoms with Crippen molar-refractivity contribution in [3.05, 3.63) is 54.4 Å². The van der Waals surface area contributed by atoms with Crippen molar-refractivity contribution in [2.45, 2.75) is 25.8 Å². The van der Waals surface area contributed by atoms with Crippen LogP contribution < -0.4 is 10.6 Å². The molecule has 0 amide bonds. The summed E-state index contributed by atoms with van der Waals surface area (Å²) in [6.45, 7) is 2.69. The molecule has 4 nitrogen and oxygen atoms in total. The van der Waals surface area contributed by atoms with Gasteiger partial charge in [0.25, 0.3) is 0 Å². The first-order chi connectivity index (χ1) is 10.3. The van der Waals surface area contributed by atoms with Gasteiger partial charge in [-0.05, 0) is 30.7 Å². The minimum absolute atomic E-state index is 0.0247. The first kappa shape index (κ1) is 15.0. The second-order valence-corrected chi connectivity index (χ2v) is 4.85. The molecule has 2 aromatic rings. The van der Waals surface area contributed by atoms with E-state index in [0.29, 0.717) is 13.0 Å². The minimum atomic E-state index is -0.0247. The molecular formula is C17H20N4. The average molecular weight is 280 g/mol. The summed E-state index contributed by atoms with van der Waals surface area (Å²) in [4.78, 5) is 6.55. The lowest BCUT2D eigenvalue weighted by molar-refractivity contribution is 0.675. The lowest BCUT2D eigenvalue weighted by atomic mass is 10.1. The molecule has 0 unspecified atom stereocenters. The van der Waals surface area contributed by atoms with Gasteiger partial charge in [-0.2, -0.15) is 5.26 Å². The number of aromatic nitrogens is 1. The second kappa shape index (κ2) is 7.41. The normalized spacial score (nSPS) is 11.7. The van der Waals surface area contributed by atoms with Crippen molar-refractivity contribution in [2.75, 3.05) is 11.4 Å². The number of para-hydroxylation sites is 1. The van der Waals surface area contributed by atoms with Gasteiger partial charge in [0.2, 0.25) is 0 Å². The third-order valence-corrected chi connectivity index (χ3v) is 3.42. The van der Waals surface area contributed by atoms with Gasteiger partial charge in [-0.3, -0.25) is 4.98 Å². The van der Waals surface area contributed by atoms with Gasteiger partial charge in [0.1, 0.15) is 0 Å². The number of rotatable bonds is 6. The highest BCUT2D eigenvalue weighted by Gasteiger charge is 2.11. The quantitative estimate of drug-likeness (QED) is 0.878. The van der Waals surface area contributed by atoms with Crippen molar-refractivity contribution in [2.24, 2.45) is 5.73 Å². The number of pyridine rings is 1. The molecule has 108 valence electrons. The Balaban J connectivity index is 2.27. The molecule has 0 aliphatic rings. The third kappa shape index (κ3) is 3.80. The van der Waals surface area contributed by atoms with Crippen LogP contribution >= 0.6 is 0 Å². The van der Waals surface area contributed by atoms with Gasteiger partial charge in [0.15, 0.2) is 0 Å². The van der Waals surface area contributed by atoms with Crippen LogP contribution in [0.5, 0.6) is 0 Å². The van der Waals surface area contributed by atoms with Gasteiger partial charge in [-0.25, -0.2) is 0 Å². The maximum absolute atomic E-state index is 8.85. The molecule has 21 heavy (non-hydrogen) atoms. The first-order valence-corrected chi connectivity index (χ1v) is 7.17. The van der Waals surface area contributed by atoms with E-state index in [2.05, 4.69) is 16.0 Å². The molecule has 0 fully saturated rings. The van der Waals surface area contributed by atoms with Gasteiger partial charge in [-0.1, -0.05) is 25.1 Å². The Hall–Kier alpha value is -2.38. The molecular weight excluding hydrogens is 260 g/mol. The van der Waals surface area contributed by atoms with Crippen LogP contribution in [0.25, 0.3) is 0 Å². The van der Waals surface area contributed by atoms with Gasteiger partial charge >= 0.3 is 0 Å². The fourth-order valence-electron chi connectivity index (χ4n) is 2.16. The molecule has 0 aliphatic heterocycles. The molecule has 1 atom stereocenters. The minimum Gasteiger partial charge on any atom is -0.339 e. The zero-order valence-electron chi connectivity index (χ0n) is 12.2. The van der Waals surface area contributed by atoms with E-state index in [1.165, 1.54) is 0 Å². The van der Waals surface area contributed by atoms with Crippen molar-refractivity contribution in [1.29, 1.82) is 5.26 Å². The highest BCUT2D eigenvalue weighted by molar-refractivity contribution is 5.62. The van der Waals surface area contributed by atoms with Gasteiger partial charge in [0.05, 0.1) is 30.1 Å². The molecule has 0 saturated carbocycles. The number of anilines is 2. The summed E-state index contributed by atoms with van der Waals surface area (Å²) in [6, 6.07) is 16.2. The topological polar surface area (TPSA) is 65.9 Å². The molecule has 0 bridgehead atoms. The smallest absolute Gasteiger partial charge is 0.0640 e. The average Bonchev–Trinajstić information content (AvgIpc) is 2.56.